The second-order valence-electron chi connectivity index (χ2n) is 7.58. The summed E-state index contributed by atoms with van der Waals surface area (Å²) in [7, 11) is 2.10. The maximum atomic E-state index is 8.04. The van der Waals surface area contributed by atoms with Gasteiger partial charge in [0, 0.05) is 35.6 Å². The van der Waals surface area contributed by atoms with Crippen LogP contribution in [-0.2, 0) is 10.2 Å². The first-order valence-corrected chi connectivity index (χ1v) is 9.47. The largest absolute Gasteiger partial charge is 0.456 e. The Labute approximate surface area is 166 Å². The van der Waals surface area contributed by atoms with Crippen molar-refractivity contribution >= 4 is 22.4 Å². The van der Waals surface area contributed by atoms with Gasteiger partial charge < -0.3 is 15.0 Å². The number of anilines is 1. The highest BCUT2D eigenvalue weighted by atomic mass is 16.5. The molecule has 0 unspecified atom stereocenters. The summed E-state index contributed by atoms with van der Waals surface area (Å²) >= 11 is 0. The molecule has 0 atom stereocenters. The molecule has 142 valence electrons. The van der Waals surface area contributed by atoms with E-state index in [9.17, 15) is 0 Å². The number of nitrogens with one attached hydrogen (secondary N) is 2. The van der Waals surface area contributed by atoms with Crippen LogP contribution in [-0.4, -0.2) is 19.7 Å². The molecule has 0 spiro atoms. The Bertz CT molecular complexity index is 1050. The second kappa shape index (κ2) is 7.04. The van der Waals surface area contributed by atoms with E-state index in [1.807, 2.05) is 36.5 Å². The van der Waals surface area contributed by atoms with Gasteiger partial charge in [-0.15, -0.1) is 0 Å². The predicted molar refractivity (Wildman–Crippen MR) is 116 cm³/mol. The third-order valence-corrected chi connectivity index (χ3v) is 5.47. The average Bonchev–Trinajstić information content (AvgIpc) is 2.91. The van der Waals surface area contributed by atoms with Crippen LogP contribution in [0, 0.1) is 5.41 Å². The Morgan fingerprint density at radius 1 is 1.04 bits per heavy atom. The SMILES string of the molecule is CN1/C(=C\NCOC(=N)c2ccccc2)C(C)(C)c2c1ccc1ccccc21. The molecule has 0 fully saturated rings. The molecule has 2 N–H and O–H groups in total. The summed E-state index contributed by atoms with van der Waals surface area (Å²) in [5.41, 5.74) is 4.39. The quantitative estimate of drug-likeness (QED) is 0.294. The molecule has 4 nitrogen and oxygen atoms in total. The number of rotatable bonds is 4. The Kier molecular flexibility index (Phi) is 4.55. The normalized spacial score (nSPS) is 16.2. The van der Waals surface area contributed by atoms with Crippen molar-refractivity contribution in [1.82, 2.24) is 5.32 Å². The van der Waals surface area contributed by atoms with Gasteiger partial charge in [-0.25, -0.2) is 0 Å². The first-order chi connectivity index (χ1) is 13.5. The van der Waals surface area contributed by atoms with Gasteiger partial charge in [-0.3, -0.25) is 5.41 Å². The summed E-state index contributed by atoms with van der Waals surface area (Å²) in [4.78, 5) is 2.23. The van der Waals surface area contributed by atoms with E-state index in [2.05, 4.69) is 67.5 Å². The molecule has 3 aromatic carbocycles. The number of benzene rings is 3. The van der Waals surface area contributed by atoms with Gasteiger partial charge in [0.05, 0.1) is 0 Å². The third-order valence-electron chi connectivity index (χ3n) is 5.47. The topological polar surface area (TPSA) is 48.4 Å². The lowest BCUT2D eigenvalue weighted by Gasteiger charge is -2.24. The van der Waals surface area contributed by atoms with Crippen molar-refractivity contribution in [2.45, 2.75) is 19.3 Å². The fourth-order valence-corrected chi connectivity index (χ4v) is 4.08. The van der Waals surface area contributed by atoms with Gasteiger partial charge in [0.25, 0.3) is 0 Å². The Balaban J connectivity index is 1.53. The number of hydrogen-bond donors (Lipinski definition) is 2. The molecule has 1 aliphatic rings. The number of allylic oxidation sites excluding steroid dienone is 1. The second-order valence-corrected chi connectivity index (χ2v) is 7.58. The lowest BCUT2D eigenvalue weighted by Crippen LogP contribution is -2.26. The maximum absolute atomic E-state index is 8.04. The van der Waals surface area contributed by atoms with Crippen LogP contribution in [0.1, 0.15) is 25.0 Å². The lowest BCUT2D eigenvalue weighted by molar-refractivity contribution is 0.287. The van der Waals surface area contributed by atoms with Crippen LogP contribution in [0.2, 0.25) is 0 Å². The van der Waals surface area contributed by atoms with Crippen LogP contribution in [0.3, 0.4) is 0 Å². The van der Waals surface area contributed by atoms with Gasteiger partial charge >= 0.3 is 0 Å². The van der Waals surface area contributed by atoms with Gasteiger partial charge in [0.15, 0.2) is 6.73 Å². The van der Waals surface area contributed by atoms with Crippen LogP contribution in [0.4, 0.5) is 5.69 Å². The summed E-state index contributed by atoms with van der Waals surface area (Å²) in [5, 5.41) is 13.8. The third kappa shape index (κ3) is 3.01. The molecule has 0 saturated heterocycles. The van der Waals surface area contributed by atoms with E-state index in [4.69, 9.17) is 10.1 Å². The summed E-state index contributed by atoms with van der Waals surface area (Å²) in [5.74, 6) is 0.166. The highest BCUT2D eigenvalue weighted by Crippen LogP contribution is 2.49. The molecule has 0 radical (unpaired) electrons. The zero-order chi connectivity index (χ0) is 19.7. The van der Waals surface area contributed by atoms with Crippen molar-refractivity contribution in [2.24, 2.45) is 0 Å². The van der Waals surface area contributed by atoms with Crippen LogP contribution in [0.15, 0.2) is 78.6 Å². The van der Waals surface area contributed by atoms with Crippen molar-refractivity contribution in [3.8, 4) is 0 Å². The fourth-order valence-electron chi connectivity index (χ4n) is 4.08. The van der Waals surface area contributed by atoms with E-state index in [0.717, 1.165) is 5.56 Å². The number of likely N-dealkylation sites (N-methyl/N-ethyl adjacent to an activating group) is 1. The fraction of sp³-hybridized carbons (Fsp3) is 0.208. The molecule has 4 rings (SSSR count). The molecule has 0 aromatic heterocycles. The van der Waals surface area contributed by atoms with Crippen LogP contribution < -0.4 is 10.2 Å². The predicted octanol–water partition coefficient (Wildman–Crippen LogP) is 5.00. The van der Waals surface area contributed by atoms with E-state index < -0.39 is 0 Å². The summed E-state index contributed by atoms with van der Waals surface area (Å²) in [6, 6.07) is 22.4. The molecule has 0 aliphatic carbocycles. The minimum Gasteiger partial charge on any atom is -0.456 e. The average molecular weight is 371 g/mol. The molecule has 1 aliphatic heterocycles. The van der Waals surface area contributed by atoms with Crippen LogP contribution >= 0.6 is 0 Å². The Morgan fingerprint density at radius 3 is 2.54 bits per heavy atom. The van der Waals surface area contributed by atoms with Crippen LogP contribution in [0.25, 0.3) is 10.8 Å². The Hall–Kier alpha value is -3.27. The molecule has 4 heteroatoms. The highest BCUT2D eigenvalue weighted by Gasteiger charge is 2.39. The smallest absolute Gasteiger partial charge is 0.214 e. The maximum Gasteiger partial charge on any atom is 0.214 e. The Morgan fingerprint density at radius 2 is 1.75 bits per heavy atom. The highest BCUT2D eigenvalue weighted by molar-refractivity contribution is 5.94. The first-order valence-electron chi connectivity index (χ1n) is 9.47. The molecular formula is C24H25N3O. The molecule has 28 heavy (non-hydrogen) atoms. The van der Waals surface area contributed by atoms with Crippen molar-refractivity contribution in [3.63, 3.8) is 0 Å². The van der Waals surface area contributed by atoms with Crippen molar-refractivity contribution in [3.05, 3.63) is 89.8 Å². The van der Waals surface area contributed by atoms with E-state index >= 15 is 0 Å². The molecule has 0 amide bonds. The molecule has 3 aromatic rings. The summed E-state index contributed by atoms with van der Waals surface area (Å²) in [6.45, 7) is 4.75. The molecular weight excluding hydrogens is 346 g/mol. The summed E-state index contributed by atoms with van der Waals surface area (Å²) < 4.78 is 5.55. The molecule has 0 bridgehead atoms. The number of fused-ring (bicyclic) bond motifs is 3. The van der Waals surface area contributed by atoms with E-state index in [-0.39, 0.29) is 18.0 Å². The number of nitrogens with zero attached hydrogens (tertiary/aromatic N) is 1. The van der Waals surface area contributed by atoms with Crippen molar-refractivity contribution in [1.29, 1.82) is 5.41 Å². The van der Waals surface area contributed by atoms with Crippen LogP contribution in [0.5, 0.6) is 0 Å². The zero-order valence-electron chi connectivity index (χ0n) is 16.5. The number of hydrogen-bond acceptors (Lipinski definition) is 4. The minimum atomic E-state index is -0.134. The number of ether oxygens (including phenoxy) is 1. The van der Waals surface area contributed by atoms with E-state index in [0.29, 0.717) is 0 Å². The van der Waals surface area contributed by atoms with Gasteiger partial charge in [0.1, 0.15) is 0 Å². The van der Waals surface area contributed by atoms with E-state index in [1.54, 1.807) is 0 Å². The van der Waals surface area contributed by atoms with Gasteiger partial charge in [0.2, 0.25) is 5.90 Å². The van der Waals surface area contributed by atoms with Gasteiger partial charge in [-0.2, -0.15) is 0 Å². The first kappa shape index (κ1) is 18.1. The zero-order valence-corrected chi connectivity index (χ0v) is 16.5. The van der Waals surface area contributed by atoms with Crippen molar-refractivity contribution in [2.75, 3.05) is 18.7 Å². The monoisotopic (exact) mass is 371 g/mol. The van der Waals surface area contributed by atoms with Gasteiger partial charge in [-0.1, -0.05) is 62.4 Å². The van der Waals surface area contributed by atoms with Gasteiger partial charge in [-0.05, 0) is 34.5 Å². The molecule has 0 saturated carbocycles. The van der Waals surface area contributed by atoms with Crippen molar-refractivity contribution < 1.29 is 4.74 Å². The van der Waals surface area contributed by atoms with E-state index in [1.165, 1.54) is 27.7 Å². The summed E-state index contributed by atoms with van der Waals surface area (Å²) in [6.07, 6.45) is 2.01. The lowest BCUT2D eigenvalue weighted by atomic mass is 9.81. The molecule has 1 heterocycles. The standard InChI is InChI=1S/C24H25N3O/c1-24(2)21(15-26-16-28-23(25)18-10-5-4-6-11-18)27(3)20-14-13-17-9-7-8-12-19(17)22(20)24/h4-15,25-26H,16H2,1-3H3/b21-15-,25-23?. The minimum absolute atomic E-state index is 0.134.